The minimum Gasteiger partial charge on any atom is -0.390 e. The van der Waals surface area contributed by atoms with Gasteiger partial charge >= 0.3 is 23.5 Å². The molecule has 15 nitrogen and oxygen atoms in total. The van der Waals surface area contributed by atoms with Gasteiger partial charge in [-0.2, -0.15) is 8.62 Å². The number of nitrogens with zero attached hydrogens (tertiary/aromatic N) is 1. The van der Waals surface area contributed by atoms with Crippen molar-refractivity contribution in [3.05, 3.63) is 26.9 Å². The van der Waals surface area contributed by atoms with Crippen LogP contribution in [0.5, 0.6) is 0 Å². The van der Waals surface area contributed by atoms with Crippen LogP contribution in [0.2, 0.25) is 0 Å². The van der Waals surface area contributed by atoms with Gasteiger partial charge in [-0.05, 0) is 19.1 Å². The Hall–Kier alpha value is -0.570. The number of H-pyrrole nitrogens is 1. The monoisotopic (exact) mass is 498 g/mol. The van der Waals surface area contributed by atoms with Crippen molar-refractivity contribution >= 4 is 35.7 Å². The predicted octanol–water partition coefficient (Wildman–Crippen LogP) is 0.206. The van der Waals surface area contributed by atoms with Crippen LogP contribution in [0.15, 0.2) is 11.0 Å². The molecule has 2 heterocycles. The van der Waals surface area contributed by atoms with Crippen molar-refractivity contribution in [1.29, 1.82) is 0 Å². The molecule has 0 amide bonds. The third-order valence-corrected chi connectivity index (χ3v) is 7.59. The Balaban J connectivity index is 2.03. The molecule has 1 aromatic rings. The highest BCUT2D eigenvalue weighted by Crippen LogP contribution is 2.66. The maximum atomic E-state index is 11.7. The Labute approximate surface area is 167 Å². The number of hydrogen-bond acceptors (Lipinski definition) is 10. The van der Waals surface area contributed by atoms with E-state index >= 15 is 0 Å². The molecule has 0 saturated carbocycles. The molecule has 0 aliphatic carbocycles. The normalized spacial score (nSPS) is 26.8. The maximum Gasteiger partial charge on any atom is 0.490 e. The standard InChI is InChI=1S/C10H17N2O13P3S/c1-5-3-12(10(29)11-9(5)14)8-2-6(13)7(23-8)4-22-27(18,19)25-28(20,21)24-26(15,16)17/h3,6-8,13H,2,4H2,1H3,(H,18,19)(H,20,21)(H,11,14,29)(H2,15,16,17)/t6?,7-,8-/m1/s1. The fraction of sp³-hybridized carbons (Fsp3) is 0.600. The Morgan fingerprint density at radius 1 is 1.24 bits per heavy atom. The number of hydrogen-bond donors (Lipinski definition) is 6. The van der Waals surface area contributed by atoms with Crippen molar-refractivity contribution in [2.45, 2.75) is 31.8 Å². The summed E-state index contributed by atoms with van der Waals surface area (Å²) in [6, 6.07) is 0. The number of ether oxygens (including phenoxy) is 1. The number of phosphoric ester groups is 1. The summed E-state index contributed by atoms with van der Waals surface area (Å²) in [4.78, 5) is 49.4. The van der Waals surface area contributed by atoms with Crippen molar-refractivity contribution in [3.63, 3.8) is 0 Å². The summed E-state index contributed by atoms with van der Waals surface area (Å²) in [7, 11) is -16.5. The summed E-state index contributed by atoms with van der Waals surface area (Å²) < 4.78 is 52.0. The van der Waals surface area contributed by atoms with Crippen LogP contribution in [0.3, 0.4) is 0 Å². The topological polar surface area (TPSA) is 227 Å². The van der Waals surface area contributed by atoms with Gasteiger partial charge in [-0.3, -0.25) is 18.9 Å². The fourth-order valence-corrected chi connectivity index (χ4v) is 5.60. The average molecular weight is 498 g/mol. The van der Waals surface area contributed by atoms with E-state index < -0.39 is 54.1 Å². The van der Waals surface area contributed by atoms with Crippen LogP contribution in [0.4, 0.5) is 0 Å². The highest BCUT2D eigenvalue weighted by atomic mass is 32.1. The molecule has 0 aromatic carbocycles. The van der Waals surface area contributed by atoms with Gasteiger partial charge in [0.2, 0.25) is 0 Å². The Kier molecular flexibility index (Phi) is 7.57. The number of aromatic amines is 1. The molecule has 0 spiro atoms. The molecule has 1 fully saturated rings. The predicted molar refractivity (Wildman–Crippen MR) is 95.0 cm³/mol. The summed E-state index contributed by atoms with van der Waals surface area (Å²) >= 11 is 5.01. The summed E-state index contributed by atoms with van der Waals surface area (Å²) in [5.41, 5.74) is -0.0950. The third kappa shape index (κ3) is 7.26. The van der Waals surface area contributed by atoms with Crippen molar-refractivity contribution < 1.29 is 56.3 Å². The van der Waals surface area contributed by atoms with Crippen molar-refractivity contribution in [2.24, 2.45) is 0 Å². The van der Waals surface area contributed by atoms with Crippen LogP contribution in [0, 0.1) is 11.7 Å². The van der Waals surface area contributed by atoms with E-state index in [9.17, 15) is 28.5 Å². The number of aliphatic hydroxyl groups excluding tert-OH is 1. The Morgan fingerprint density at radius 2 is 1.86 bits per heavy atom. The molecule has 166 valence electrons. The lowest BCUT2D eigenvalue weighted by Crippen LogP contribution is -2.26. The van der Waals surface area contributed by atoms with E-state index in [1.54, 1.807) is 0 Å². The summed E-state index contributed by atoms with van der Waals surface area (Å²) in [6.07, 6.45) is -1.93. The second-order valence-electron chi connectivity index (χ2n) is 5.80. The van der Waals surface area contributed by atoms with E-state index in [0.717, 1.165) is 0 Å². The Bertz CT molecular complexity index is 1020. The lowest BCUT2D eigenvalue weighted by molar-refractivity contribution is -0.0444. The van der Waals surface area contributed by atoms with Crippen LogP contribution < -0.4 is 5.56 Å². The second-order valence-corrected chi connectivity index (χ2v) is 10.6. The van der Waals surface area contributed by atoms with Crippen molar-refractivity contribution in [2.75, 3.05) is 6.61 Å². The van der Waals surface area contributed by atoms with Gasteiger partial charge in [0.05, 0.1) is 12.7 Å². The molecule has 1 aliphatic heterocycles. The smallest absolute Gasteiger partial charge is 0.390 e. The fourth-order valence-electron chi connectivity index (χ4n) is 2.31. The molecule has 5 atom stereocenters. The van der Waals surface area contributed by atoms with Crippen molar-refractivity contribution in [3.8, 4) is 0 Å². The largest absolute Gasteiger partial charge is 0.490 e. The highest BCUT2D eigenvalue weighted by molar-refractivity contribution is 7.71. The average Bonchev–Trinajstić information content (AvgIpc) is 2.86. The summed E-state index contributed by atoms with van der Waals surface area (Å²) in [6.45, 7) is 0.708. The molecule has 6 N–H and O–H groups in total. The summed E-state index contributed by atoms with van der Waals surface area (Å²) in [5.74, 6) is 0. The molecule has 3 unspecified atom stereocenters. The minimum absolute atomic E-state index is 0.00587. The van der Waals surface area contributed by atoms with Crippen LogP contribution in [-0.4, -0.2) is 53.0 Å². The van der Waals surface area contributed by atoms with Gasteiger partial charge < -0.3 is 29.4 Å². The van der Waals surface area contributed by atoms with Crippen LogP contribution >= 0.6 is 35.7 Å². The molecule has 1 aliphatic rings. The quantitative estimate of drug-likeness (QED) is 0.208. The highest BCUT2D eigenvalue weighted by Gasteiger charge is 2.42. The van der Waals surface area contributed by atoms with E-state index in [0.29, 0.717) is 5.56 Å². The van der Waals surface area contributed by atoms with Gasteiger partial charge in [-0.25, -0.2) is 13.7 Å². The van der Waals surface area contributed by atoms with Crippen LogP contribution in [0.25, 0.3) is 0 Å². The maximum absolute atomic E-state index is 11.7. The molecule has 0 bridgehead atoms. The third-order valence-electron chi connectivity index (χ3n) is 3.48. The lowest BCUT2D eigenvalue weighted by atomic mass is 10.2. The van der Waals surface area contributed by atoms with Gasteiger partial charge in [-0.1, -0.05) is 0 Å². The number of aliphatic hydroxyl groups is 1. The molecular formula is C10H17N2O13P3S. The number of aryl methyl sites for hydroxylation is 1. The van der Waals surface area contributed by atoms with Gasteiger partial charge in [0.25, 0.3) is 5.56 Å². The zero-order chi connectivity index (χ0) is 22.2. The van der Waals surface area contributed by atoms with Crippen molar-refractivity contribution in [1.82, 2.24) is 9.55 Å². The van der Waals surface area contributed by atoms with E-state index in [-0.39, 0.29) is 11.2 Å². The Morgan fingerprint density at radius 3 is 2.45 bits per heavy atom. The van der Waals surface area contributed by atoms with Gasteiger partial charge in [-0.15, -0.1) is 0 Å². The van der Waals surface area contributed by atoms with Crippen LogP contribution in [-0.2, 0) is 31.6 Å². The summed E-state index contributed by atoms with van der Waals surface area (Å²) in [5, 5.41) is 10.0. The van der Waals surface area contributed by atoms with E-state index in [1.165, 1.54) is 17.7 Å². The second kappa shape index (κ2) is 8.89. The first kappa shape index (κ1) is 24.7. The van der Waals surface area contributed by atoms with E-state index in [1.807, 2.05) is 0 Å². The number of nitrogens with one attached hydrogen (secondary N) is 1. The van der Waals surface area contributed by atoms with Gasteiger partial charge in [0.1, 0.15) is 12.3 Å². The molecule has 2 rings (SSSR count). The first-order valence-corrected chi connectivity index (χ1v) is 12.5. The van der Waals surface area contributed by atoms with E-state index in [4.69, 9.17) is 31.6 Å². The molecular weight excluding hydrogens is 481 g/mol. The lowest BCUT2D eigenvalue weighted by Gasteiger charge is -2.19. The van der Waals surface area contributed by atoms with Crippen LogP contribution in [0.1, 0.15) is 18.2 Å². The molecule has 29 heavy (non-hydrogen) atoms. The van der Waals surface area contributed by atoms with Gasteiger partial charge in [0, 0.05) is 18.2 Å². The molecule has 0 radical (unpaired) electrons. The zero-order valence-corrected chi connectivity index (χ0v) is 17.9. The SMILES string of the molecule is Cc1cn([C@H]2CC(O)[C@@H](COP(=O)(O)OP(=O)(O)OP(=O)(O)O)O2)c(=S)[nH]c1=O. The molecule has 1 aromatic heterocycles. The first-order valence-electron chi connectivity index (χ1n) is 7.52. The first-order chi connectivity index (χ1) is 13.1. The zero-order valence-electron chi connectivity index (χ0n) is 14.4. The molecule has 1 saturated heterocycles. The molecule has 19 heteroatoms. The van der Waals surface area contributed by atoms with E-state index in [2.05, 4.69) is 18.1 Å². The number of rotatable bonds is 8. The number of aromatic nitrogens is 2. The minimum atomic E-state index is -5.65. The van der Waals surface area contributed by atoms with Gasteiger partial charge in [0.15, 0.2) is 4.77 Å². The number of phosphoric acid groups is 3.